The Morgan fingerprint density at radius 3 is 2.94 bits per heavy atom. The first-order chi connectivity index (χ1) is 8.16. The Kier molecular flexibility index (Phi) is 4.06. The van der Waals surface area contributed by atoms with Crippen molar-refractivity contribution in [1.29, 1.82) is 0 Å². The Morgan fingerprint density at radius 1 is 1.47 bits per heavy atom. The van der Waals surface area contributed by atoms with Gasteiger partial charge in [-0.3, -0.25) is 4.79 Å². The number of benzene rings is 1. The smallest absolute Gasteiger partial charge is 0.227 e. The summed E-state index contributed by atoms with van der Waals surface area (Å²) in [5.74, 6) is 0.823. The molecular formula is C14H18ClNO. The van der Waals surface area contributed by atoms with Gasteiger partial charge >= 0.3 is 0 Å². The number of carbonyl (C=O) groups is 1. The van der Waals surface area contributed by atoms with Crippen LogP contribution in [0.1, 0.15) is 25.3 Å². The van der Waals surface area contributed by atoms with Gasteiger partial charge in [-0.05, 0) is 30.4 Å². The second-order valence-corrected chi connectivity index (χ2v) is 5.26. The zero-order chi connectivity index (χ0) is 12.3. The summed E-state index contributed by atoms with van der Waals surface area (Å²) in [6, 6.07) is 7.57. The molecular weight excluding hydrogens is 234 g/mol. The van der Waals surface area contributed by atoms with Crippen LogP contribution in [0.3, 0.4) is 0 Å². The van der Waals surface area contributed by atoms with E-state index in [1.807, 2.05) is 29.2 Å². The summed E-state index contributed by atoms with van der Waals surface area (Å²) in [6.45, 7) is 3.99. The fourth-order valence-corrected chi connectivity index (χ4v) is 2.53. The Balaban J connectivity index is 1.99. The Labute approximate surface area is 108 Å². The molecule has 1 aromatic rings. The zero-order valence-electron chi connectivity index (χ0n) is 10.2. The average molecular weight is 252 g/mol. The Hall–Kier alpha value is -1.02. The van der Waals surface area contributed by atoms with Gasteiger partial charge in [0.15, 0.2) is 0 Å². The van der Waals surface area contributed by atoms with Gasteiger partial charge in [0.1, 0.15) is 0 Å². The van der Waals surface area contributed by atoms with Crippen molar-refractivity contribution in [3.8, 4) is 0 Å². The number of hydrogen-bond acceptors (Lipinski definition) is 1. The van der Waals surface area contributed by atoms with E-state index in [-0.39, 0.29) is 5.91 Å². The average Bonchev–Trinajstić information content (AvgIpc) is 2.32. The predicted molar refractivity (Wildman–Crippen MR) is 70.1 cm³/mol. The van der Waals surface area contributed by atoms with E-state index in [1.165, 1.54) is 6.42 Å². The van der Waals surface area contributed by atoms with Gasteiger partial charge in [0.25, 0.3) is 0 Å². The summed E-state index contributed by atoms with van der Waals surface area (Å²) in [6.07, 6.45) is 2.78. The third-order valence-electron chi connectivity index (χ3n) is 3.31. The quantitative estimate of drug-likeness (QED) is 0.791. The number of likely N-dealkylation sites (tertiary alicyclic amines) is 1. The molecule has 0 aromatic heterocycles. The maximum absolute atomic E-state index is 12.1. The molecule has 1 heterocycles. The van der Waals surface area contributed by atoms with E-state index in [0.29, 0.717) is 17.4 Å². The van der Waals surface area contributed by atoms with Crippen molar-refractivity contribution in [1.82, 2.24) is 4.90 Å². The Bertz CT molecular complexity index is 405. The van der Waals surface area contributed by atoms with Gasteiger partial charge in [-0.1, -0.05) is 36.7 Å². The second-order valence-electron chi connectivity index (χ2n) is 4.86. The number of carbonyl (C=O) groups excluding carboxylic acids is 1. The zero-order valence-corrected chi connectivity index (χ0v) is 10.9. The predicted octanol–water partition coefficient (Wildman–Crippen LogP) is 3.14. The van der Waals surface area contributed by atoms with Gasteiger partial charge in [0.05, 0.1) is 6.42 Å². The van der Waals surface area contributed by atoms with Gasteiger partial charge < -0.3 is 4.90 Å². The van der Waals surface area contributed by atoms with Crippen LogP contribution in [-0.2, 0) is 11.2 Å². The van der Waals surface area contributed by atoms with E-state index in [0.717, 1.165) is 25.1 Å². The van der Waals surface area contributed by atoms with E-state index in [1.54, 1.807) is 0 Å². The normalized spacial score (nSPS) is 20.4. The van der Waals surface area contributed by atoms with Crippen LogP contribution in [0.2, 0.25) is 5.02 Å². The first kappa shape index (κ1) is 12.4. The molecule has 0 saturated carbocycles. The molecule has 0 N–H and O–H groups in total. The van der Waals surface area contributed by atoms with Gasteiger partial charge in [-0.2, -0.15) is 0 Å². The molecule has 3 heteroatoms. The molecule has 1 aliphatic heterocycles. The van der Waals surface area contributed by atoms with Crippen molar-refractivity contribution in [2.24, 2.45) is 5.92 Å². The van der Waals surface area contributed by atoms with Crippen molar-refractivity contribution in [2.75, 3.05) is 13.1 Å². The minimum atomic E-state index is 0.199. The van der Waals surface area contributed by atoms with Crippen molar-refractivity contribution in [2.45, 2.75) is 26.2 Å². The third kappa shape index (κ3) is 3.22. The molecule has 17 heavy (non-hydrogen) atoms. The van der Waals surface area contributed by atoms with Crippen LogP contribution in [0.25, 0.3) is 0 Å². The van der Waals surface area contributed by atoms with Gasteiger partial charge in [-0.15, -0.1) is 0 Å². The number of nitrogens with zero attached hydrogens (tertiary/aromatic N) is 1. The van der Waals surface area contributed by atoms with Crippen molar-refractivity contribution in [3.63, 3.8) is 0 Å². The Morgan fingerprint density at radius 2 is 2.24 bits per heavy atom. The van der Waals surface area contributed by atoms with Crippen molar-refractivity contribution in [3.05, 3.63) is 34.9 Å². The first-order valence-corrected chi connectivity index (χ1v) is 6.56. The maximum Gasteiger partial charge on any atom is 0.227 e. The lowest BCUT2D eigenvalue weighted by Gasteiger charge is -2.31. The van der Waals surface area contributed by atoms with Gasteiger partial charge in [0, 0.05) is 18.1 Å². The van der Waals surface area contributed by atoms with E-state index in [4.69, 9.17) is 11.6 Å². The molecule has 0 aliphatic carbocycles. The minimum Gasteiger partial charge on any atom is -0.342 e. The second kappa shape index (κ2) is 5.54. The number of hydrogen-bond donors (Lipinski definition) is 0. The van der Waals surface area contributed by atoms with Crippen LogP contribution in [0, 0.1) is 5.92 Å². The summed E-state index contributed by atoms with van der Waals surface area (Å²) in [5, 5.41) is 0.686. The lowest BCUT2D eigenvalue weighted by molar-refractivity contribution is -0.132. The van der Waals surface area contributed by atoms with Crippen molar-refractivity contribution < 1.29 is 4.79 Å². The summed E-state index contributed by atoms with van der Waals surface area (Å²) in [7, 11) is 0. The molecule has 1 aromatic carbocycles. The topological polar surface area (TPSA) is 20.3 Å². The van der Waals surface area contributed by atoms with Crippen LogP contribution < -0.4 is 0 Å². The van der Waals surface area contributed by atoms with Crippen LogP contribution in [0.5, 0.6) is 0 Å². The molecule has 1 atom stereocenters. The molecule has 0 radical (unpaired) electrons. The lowest BCUT2D eigenvalue weighted by Crippen LogP contribution is -2.39. The first-order valence-electron chi connectivity index (χ1n) is 6.18. The highest BCUT2D eigenvalue weighted by Gasteiger charge is 2.21. The van der Waals surface area contributed by atoms with E-state index in [2.05, 4.69) is 6.92 Å². The van der Waals surface area contributed by atoms with Crippen LogP contribution in [-0.4, -0.2) is 23.9 Å². The molecule has 0 spiro atoms. The lowest BCUT2D eigenvalue weighted by atomic mass is 9.99. The molecule has 2 rings (SSSR count). The fraction of sp³-hybridized carbons (Fsp3) is 0.500. The van der Waals surface area contributed by atoms with Crippen molar-refractivity contribution >= 4 is 17.5 Å². The summed E-state index contributed by atoms with van der Waals surface area (Å²) >= 11 is 6.07. The molecule has 1 amide bonds. The van der Waals surface area contributed by atoms with E-state index >= 15 is 0 Å². The van der Waals surface area contributed by atoms with E-state index < -0.39 is 0 Å². The number of piperidine rings is 1. The van der Waals surface area contributed by atoms with Crippen LogP contribution in [0.4, 0.5) is 0 Å². The highest BCUT2D eigenvalue weighted by atomic mass is 35.5. The highest BCUT2D eigenvalue weighted by molar-refractivity contribution is 6.31. The van der Waals surface area contributed by atoms with Crippen LogP contribution in [0.15, 0.2) is 24.3 Å². The fourth-order valence-electron chi connectivity index (χ4n) is 2.33. The molecule has 1 fully saturated rings. The van der Waals surface area contributed by atoms with Crippen LogP contribution >= 0.6 is 11.6 Å². The number of rotatable bonds is 2. The number of halogens is 1. The monoisotopic (exact) mass is 251 g/mol. The standard InChI is InChI=1S/C14H18ClNO/c1-11-5-4-8-16(10-11)14(17)9-12-6-2-3-7-13(12)15/h2-3,6-7,11H,4-5,8-10H2,1H3. The number of amides is 1. The SMILES string of the molecule is CC1CCCN(C(=O)Cc2ccccc2Cl)C1. The summed E-state index contributed by atoms with van der Waals surface area (Å²) in [5.41, 5.74) is 0.928. The summed E-state index contributed by atoms with van der Waals surface area (Å²) in [4.78, 5) is 14.1. The molecule has 1 saturated heterocycles. The van der Waals surface area contributed by atoms with Gasteiger partial charge in [0.2, 0.25) is 5.91 Å². The summed E-state index contributed by atoms with van der Waals surface area (Å²) < 4.78 is 0. The molecule has 1 aliphatic rings. The molecule has 92 valence electrons. The minimum absolute atomic E-state index is 0.199. The third-order valence-corrected chi connectivity index (χ3v) is 3.68. The molecule has 0 bridgehead atoms. The van der Waals surface area contributed by atoms with Gasteiger partial charge in [-0.25, -0.2) is 0 Å². The highest BCUT2D eigenvalue weighted by Crippen LogP contribution is 2.19. The maximum atomic E-state index is 12.1. The van der Waals surface area contributed by atoms with E-state index in [9.17, 15) is 4.79 Å². The molecule has 2 nitrogen and oxygen atoms in total. The largest absolute Gasteiger partial charge is 0.342 e. The molecule has 1 unspecified atom stereocenters.